The molecule has 102 valence electrons. The van der Waals surface area contributed by atoms with E-state index in [4.69, 9.17) is 5.11 Å². The summed E-state index contributed by atoms with van der Waals surface area (Å²) >= 11 is 0. The van der Waals surface area contributed by atoms with E-state index in [2.05, 4.69) is 10.3 Å². The molecule has 0 aliphatic carbocycles. The summed E-state index contributed by atoms with van der Waals surface area (Å²) in [4.78, 5) is 15.0. The van der Waals surface area contributed by atoms with E-state index in [0.717, 1.165) is 6.42 Å². The van der Waals surface area contributed by atoms with Gasteiger partial charge in [0.2, 0.25) is 0 Å². The number of hydrogen-bond donors (Lipinski definition) is 3. The summed E-state index contributed by atoms with van der Waals surface area (Å²) in [6, 6.07) is 4.54. The minimum absolute atomic E-state index is 0.0149. The van der Waals surface area contributed by atoms with Crippen LogP contribution < -0.4 is 5.32 Å². The highest BCUT2D eigenvalue weighted by Gasteiger charge is 2.17. The second kappa shape index (κ2) is 5.84. The third-order valence-electron chi connectivity index (χ3n) is 3.21. The third kappa shape index (κ3) is 2.76. The van der Waals surface area contributed by atoms with E-state index in [9.17, 15) is 9.18 Å². The average Bonchev–Trinajstić information content (AvgIpc) is 2.83. The number of carbonyl (C=O) groups is 1. The largest absolute Gasteiger partial charge is 0.396 e. The lowest BCUT2D eigenvalue weighted by Gasteiger charge is -2.15. The van der Waals surface area contributed by atoms with E-state index in [1.165, 1.54) is 12.3 Å². The van der Waals surface area contributed by atoms with Crippen molar-refractivity contribution < 1.29 is 14.3 Å². The molecule has 3 N–H and O–H groups in total. The molecule has 0 fully saturated rings. The van der Waals surface area contributed by atoms with E-state index in [1.54, 1.807) is 12.1 Å². The summed E-state index contributed by atoms with van der Waals surface area (Å²) in [6.45, 7) is 1.94. The Balaban J connectivity index is 2.26. The molecule has 0 spiro atoms. The van der Waals surface area contributed by atoms with Crippen LogP contribution in [0, 0.1) is 5.82 Å². The van der Waals surface area contributed by atoms with Crippen LogP contribution in [0.2, 0.25) is 0 Å². The highest BCUT2D eigenvalue weighted by Crippen LogP contribution is 2.21. The number of H-pyrrole nitrogens is 1. The van der Waals surface area contributed by atoms with Crippen LogP contribution in [0.1, 0.15) is 30.1 Å². The molecule has 1 heterocycles. The second-order valence-corrected chi connectivity index (χ2v) is 4.46. The molecule has 0 saturated carbocycles. The first-order valence-corrected chi connectivity index (χ1v) is 6.34. The number of carbonyl (C=O) groups excluding carboxylic acids is 1. The van der Waals surface area contributed by atoms with Gasteiger partial charge < -0.3 is 15.4 Å². The average molecular weight is 264 g/mol. The third-order valence-corrected chi connectivity index (χ3v) is 3.21. The fraction of sp³-hybridized carbons (Fsp3) is 0.357. The van der Waals surface area contributed by atoms with Crippen molar-refractivity contribution in [3.63, 3.8) is 0 Å². The Labute approximate surface area is 110 Å². The van der Waals surface area contributed by atoms with E-state index >= 15 is 0 Å². The van der Waals surface area contributed by atoms with Crippen molar-refractivity contribution in [1.82, 2.24) is 10.3 Å². The smallest absolute Gasteiger partial charge is 0.253 e. The van der Waals surface area contributed by atoms with Gasteiger partial charge in [-0.2, -0.15) is 0 Å². The second-order valence-electron chi connectivity index (χ2n) is 4.46. The Morgan fingerprint density at radius 1 is 1.53 bits per heavy atom. The topological polar surface area (TPSA) is 65.1 Å². The van der Waals surface area contributed by atoms with E-state index < -0.39 is 5.82 Å². The SMILES string of the molecule is CCC(CCO)NC(=O)c1c[nH]c2cccc(F)c12. The minimum Gasteiger partial charge on any atom is -0.396 e. The van der Waals surface area contributed by atoms with Crippen LogP contribution >= 0.6 is 0 Å². The Morgan fingerprint density at radius 2 is 2.32 bits per heavy atom. The molecule has 1 aromatic heterocycles. The monoisotopic (exact) mass is 264 g/mol. The Kier molecular flexibility index (Phi) is 4.16. The van der Waals surface area contributed by atoms with Crippen LogP contribution in [0.25, 0.3) is 10.9 Å². The maximum atomic E-state index is 13.8. The van der Waals surface area contributed by atoms with Crippen molar-refractivity contribution in [3.8, 4) is 0 Å². The van der Waals surface area contributed by atoms with Gasteiger partial charge in [-0.05, 0) is 25.0 Å². The van der Waals surface area contributed by atoms with Gasteiger partial charge in [-0.1, -0.05) is 13.0 Å². The number of aliphatic hydroxyl groups is 1. The fourth-order valence-corrected chi connectivity index (χ4v) is 2.12. The highest BCUT2D eigenvalue weighted by atomic mass is 19.1. The number of rotatable bonds is 5. The summed E-state index contributed by atoms with van der Waals surface area (Å²) < 4.78 is 13.8. The lowest BCUT2D eigenvalue weighted by molar-refractivity contribution is 0.0930. The van der Waals surface area contributed by atoms with Crippen molar-refractivity contribution in [2.24, 2.45) is 0 Å². The number of hydrogen-bond acceptors (Lipinski definition) is 2. The Morgan fingerprint density at radius 3 is 3.00 bits per heavy atom. The lowest BCUT2D eigenvalue weighted by Crippen LogP contribution is -2.35. The molecule has 1 unspecified atom stereocenters. The molecular formula is C14H17FN2O2. The molecule has 19 heavy (non-hydrogen) atoms. The van der Waals surface area contributed by atoms with Gasteiger partial charge in [-0.15, -0.1) is 0 Å². The van der Waals surface area contributed by atoms with Crippen LogP contribution in [0.15, 0.2) is 24.4 Å². The van der Waals surface area contributed by atoms with Gasteiger partial charge in [0, 0.05) is 29.7 Å². The van der Waals surface area contributed by atoms with Crippen LogP contribution in [-0.4, -0.2) is 28.6 Å². The van der Waals surface area contributed by atoms with Crippen LogP contribution in [0.5, 0.6) is 0 Å². The standard InChI is InChI=1S/C14H17FN2O2/c1-2-9(6-7-18)17-14(19)10-8-16-12-5-3-4-11(15)13(10)12/h3-5,8-9,16,18H,2,6-7H2,1H3,(H,17,19). The molecule has 0 bridgehead atoms. The van der Waals surface area contributed by atoms with Crippen molar-refractivity contribution in [3.05, 3.63) is 35.8 Å². The highest BCUT2D eigenvalue weighted by molar-refractivity contribution is 6.07. The van der Waals surface area contributed by atoms with Crippen molar-refractivity contribution in [1.29, 1.82) is 0 Å². The summed E-state index contributed by atoms with van der Waals surface area (Å²) in [5.74, 6) is -0.740. The van der Waals surface area contributed by atoms with Crippen LogP contribution in [-0.2, 0) is 0 Å². The summed E-state index contributed by atoms with van der Waals surface area (Å²) in [5.41, 5.74) is 0.893. The molecule has 2 rings (SSSR count). The molecule has 1 aromatic carbocycles. The first-order chi connectivity index (χ1) is 9.17. The first kappa shape index (κ1) is 13.5. The molecule has 0 aliphatic rings. The van der Waals surface area contributed by atoms with Crippen molar-refractivity contribution >= 4 is 16.8 Å². The summed E-state index contributed by atoms with van der Waals surface area (Å²) in [7, 11) is 0. The minimum atomic E-state index is -0.417. The molecular weight excluding hydrogens is 247 g/mol. The molecule has 0 saturated heterocycles. The predicted octanol–water partition coefficient (Wildman–Crippen LogP) is 2.20. The Bertz CT molecular complexity index is 580. The fourth-order valence-electron chi connectivity index (χ4n) is 2.12. The van der Waals surface area contributed by atoms with E-state index in [0.29, 0.717) is 22.9 Å². The number of nitrogens with one attached hydrogen (secondary N) is 2. The number of aromatic amines is 1. The lowest BCUT2D eigenvalue weighted by atomic mass is 10.1. The van der Waals surface area contributed by atoms with Gasteiger partial charge in [0.05, 0.1) is 5.56 Å². The zero-order chi connectivity index (χ0) is 13.8. The molecule has 2 aromatic rings. The predicted molar refractivity (Wildman–Crippen MR) is 71.5 cm³/mol. The molecule has 0 aliphatic heterocycles. The van der Waals surface area contributed by atoms with Gasteiger partial charge >= 0.3 is 0 Å². The van der Waals surface area contributed by atoms with Gasteiger partial charge in [-0.3, -0.25) is 4.79 Å². The zero-order valence-electron chi connectivity index (χ0n) is 10.7. The van der Waals surface area contributed by atoms with Gasteiger partial charge in [0.25, 0.3) is 5.91 Å². The van der Waals surface area contributed by atoms with E-state index in [1.807, 2.05) is 6.92 Å². The first-order valence-electron chi connectivity index (χ1n) is 6.34. The quantitative estimate of drug-likeness (QED) is 0.775. The maximum Gasteiger partial charge on any atom is 0.253 e. The normalized spacial score (nSPS) is 12.6. The molecule has 1 atom stereocenters. The Hall–Kier alpha value is -1.88. The van der Waals surface area contributed by atoms with Crippen LogP contribution in [0.4, 0.5) is 4.39 Å². The molecule has 1 amide bonds. The van der Waals surface area contributed by atoms with Gasteiger partial charge in [0.1, 0.15) is 5.82 Å². The molecule has 4 nitrogen and oxygen atoms in total. The number of fused-ring (bicyclic) bond motifs is 1. The van der Waals surface area contributed by atoms with Gasteiger partial charge in [-0.25, -0.2) is 4.39 Å². The maximum absolute atomic E-state index is 13.8. The van der Waals surface area contributed by atoms with Gasteiger partial charge in [0.15, 0.2) is 0 Å². The van der Waals surface area contributed by atoms with Crippen molar-refractivity contribution in [2.45, 2.75) is 25.8 Å². The number of halogens is 1. The van der Waals surface area contributed by atoms with Crippen LogP contribution in [0.3, 0.4) is 0 Å². The number of aromatic nitrogens is 1. The number of aliphatic hydroxyl groups excluding tert-OH is 1. The summed E-state index contributed by atoms with van der Waals surface area (Å²) in [6.07, 6.45) is 2.72. The number of benzene rings is 1. The number of amides is 1. The van der Waals surface area contributed by atoms with E-state index in [-0.39, 0.29) is 18.6 Å². The molecule has 5 heteroatoms. The zero-order valence-corrected chi connectivity index (χ0v) is 10.7. The van der Waals surface area contributed by atoms with Crippen molar-refractivity contribution in [2.75, 3.05) is 6.61 Å². The summed E-state index contributed by atoms with van der Waals surface area (Å²) in [5, 5.41) is 12.0. The molecule has 0 radical (unpaired) electrons.